The summed E-state index contributed by atoms with van der Waals surface area (Å²) in [4.78, 5) is 0. The van der Waals surface area contributed by atoms with Gasteiger partial charge >= 0.3 is 0 Å². The molecular formula is C13H19BrO2Si. The van der Waals surface area contributed by atoms with Gasteiger partial charge in [-0.1, -0.05) is 31.4 Å². The van der Waals surface area contributed by atoms with Gasteiger partial charge in [-0.15, -0.1) is 0 Å². The van der Waals surface area contributed by atoms with E-state index in [2.05, 4.69) is 47.3 Å². The smallest absolute Gasteiger partial charge is 0.134 e. The van der Waals surface area contributed by atoms with Crippen LogP contribution >= 0.6 is 15.9 Å². The summed E-state index contributed by atoms with van der Waals surface area (Å²) in [5.74, 6) is 1.66. The Hall–Kier alpha value is -0.743. The molecule has 0 bridgehead atoms. The Bertz CT molecular complexity index is 397. The number of rotatable bonds is 5. The summed E-state index contributed by atoms with van der Waals surface area (Å²) in [7, 11) is 0.536. The number of ether oxygens (including phenoxy) is 2. The molecule has 1 rings (SSSR count). The van der Waals surface area contributed by atoms with Crippen molar-refractivity contribution in [3.8, 4) is 11.5 Å². The predicted octanol–water partition coefficient (Wildman–Crippen LogP) is 4.27. The standard InChI is InChI=1S/C13H19BrO2Si/c1-15-11-6-7-13(12(14)10-11)16-8-5-9-17(2,3)4/h5-7,9-10H,8H2,1-4H3/b9-5+. The van der Waals surface area contributed by atoms with E-state index in [9.17, 15) is 0 Å². The number of hydrogen-bond acceptors (Lipinski definition) is 2. The molecule has 1 aromatic rings. The molecule has 0 saturated carbocycles. The SMILES string of the molecule is COc1ccc(OC/C=C/[Si](C)(C)C)c(Br)c1. The average molecular weight is 315 g/mol. The number of methoxy groups -OCH3 is 1. The van der Waals surface area contributed by atoms with Crippen LogP contribution in [0.2, 0.25) is 19.6 Å². The fourth-order valence-electron chi connectivity index (χ4n) is 1.27. The van der Waals surface area contributed by atoms with Gasteiger partial charge in [0.25, 0.3) is 0 Å². The van der Waals surface area contributed by atoms with Gasteiger partial charge in [0.15, 0.2) is 0 Å². The minimum absolute atomic E-state index is 0.606. The van der Waals surface area contributed by atoms with E-state index in [-0.39, 0.29) is 0 Å². The predicted molar refractivity (Wildman–Crippen MR) is 78.7 cm³/mol. The van der Waals surface area contributed by atoms with Crippen LogP contribution in [0.3, 0.4) is 0 Å². The first-order valence-electron chi connectivity index (χ1n) is 5.56. The molecule has 0 radical (unpaired) electrons. The summed E-state index contributed by atoms with van der Waals surface area (Å²) >= 11 is 3.46. The molecule has 0 amide bonds. The third kappa shape index (κ3) is 5.41. The monoisotopic (exact) mass is 314 g/mol. The molecule has 17 heavy (non-hydrogen) atoms. The first-order chi connectivity index (χ1) is 7.92. The minimum Gasteiger partial charge on any atom is -0.497 e. The van der Waals surface area contributed by atoms with Crippen LogP contribution in [0.1, 0.15) is 0 Å². The molecule has 0 spiro atoms. The zero-order valence-electron chi connectivity index (χ0n) is 10.8. The lowest BCUT2D eigenvalue weighted by atomic mass is 10.3. The Labute approximate surface area is 113 Å². The Morgan fingerprint density at radius 3 is 2.53 bits per heavy atom. The lowest BCUT2D eigenvalue weighted by Gasteiger charge is -2.10. The van der Waals surface area contributed by atoms with E-state index in [1.807, 2.05) is 18.2 Å². The maximum atomic E-state index is 5.66. The highest BCUT2D eigenvalue weighted by Crippen LogP contribution is 2.29. The molecule has 0 unspecified atom stereocenters. The summed E-state index contributed by atoms with van der Waals surface area (Å²) in [6, 6.07) is 5.70. The van der Waals surface area contributed by atoms with E-state index < -0.39 is 8.07 Å². The summed E-state index contributed by atoms with van der Waals surface area (Å²) in [5.41, 5.74) is 2.28. The van der Waals surface area contributed by atoms with Gasteiger partial charge < -0.3 is 9.47 Å². The molecule has 0 atom stereocenters. The van der Waals surface area contributed by atoms with Crippen molar-refractivity contribution in [1.29, 1.82) is 0 Å². The summed E-state index contributed by atoms with van der Waals surface area (Å²) in [6.07, 6.45) is 2.10. The largest absolute Gasteiger partial charge is 0.497 e. The van der Waals surface area contributed by atoms with Gasteiger partial charge in [0.05, 0.1) is 19.7 Å². The maximum Gasteiger partial charge on any atom is 0.134 e. The lowest BCUT2D eigenvalue weighted by Crippen LogP contribution is -2.15. The van der Waals surface area contributed by atoms with Gasteiger partial charge in [0.1, 0.15) is 18.1 Å². The third-order valence-corrected chi connectivity index (χ3v) is 3.95. The van der Waals surface area contributed by atoms with Crippen molar-refractivity contribution >= 4 is 24.0 Å². The quantitative estimate of drug-likeness (QED) is 0.756. The molecule has 0 aliphatic carbocycles. The van der Waals surface area contributed by atoms with Crippen molar-refractivity contribution in [2.24, 2.45) is 0 Å². The van der Waals surface area contributed by atoms with E-state index in [4.69, 9.17) is 9.47 Å². The van der Waals surface area contributed by atoms with Gasteiger partial charge in [0.2, 0.25) is 0 Å². The van der Waals surface area contributed by atoms with Crippen LogP contribution in [-0.4, -0.2) is 21.8 Å². The van der Waals surface area contributed by atoms with E-state index in [0.717, 1.165) is 16.0 Å². The van der Waals surface area contributed by atoms with E-state index >= 15 is 0 Å². The lowest BCUT2D eigenvalue weighted by molar-refractivity contribution is 0.358. The molecule has 2 nitrogen and oxygen atoms in total. The van der Waals surface area contributed by atoms with Crippen molar-refractivity contribution in [2.75, 3.05) is 13.7 Å². The van der Waals surface area contributed by atoms with E-state index in [1.54, 1.807) is 7.11 Å². The van der Waals surface area contributed by atoms with Crippen molar-refractivity contribution < 1.29 is 9.47 Å². The number of halogens is 1. The molecule has 0 aliphatic rings. The van der Waals surface area contributed by atoms with Gasteiger partial charge in [-0.25, -0.2) is 0 Å². The first-order valence-corrected chi connectivity index (χ1v) is 9.93. The third-order valence-electron chi connectivity index (χ3n) is 2.09. The van der Waals surface area contributed by atoms with Crippen molar-refractivity contribution in [2.45, 2.75) is 19.6 Å². The topological polar surface area (TPSA) is 18.5 Å². The molecular weight excluding hydrogens is 296 g/mol. The van der Waals surface area contributed by atoms with Gasteiger partial charge in [-0.3, -0.25) is 0 Å². The summed E-state index contributed by atoms with van der Waals surface area (Å²) in [6.45, 7) is 7.50. The molecule has 0 aliphatic heterocycles. The first kappa shape index (κ1) is 14.3. The highest BCUT2D eigenvalue weighted by Gasteiger charge is 2.06. The van der Waals surface area contributed by atoms with Crippen LogP contribution in [0.5, 0.6) is 11.5 Å². The second kappa shape index (κ2) is 6.26. The highest BCUT2D eigenvalue weighted by atomic mass is 79.9. The molecule has 0 saturated heterocycles. The van der Waals surface area contributed by atoms with Crippen LogP contribution < -0.4 is 9.47 Å². The second-order valence-corrected chi connectivity index (χ2v) is 10.8. The Balaban J connectivity index is 2.55. The molecule has 0 fully saturated rings. The summed E-state index contributed by atoms with van der Waals surface area (Å²) < 4.78 is 11.7. The molecule has 1 aromatic carbocycles. The van der Waals surface area contributed by atoms with Crippen molar-refractivity contribution in [3.63, 3.8) is 0 Å². The maximum absolute atomic E-state index is 5.66. The summed E-state index contributed by atoms with van der Waals surface area (Å²) in [5, 5.41) is 0. The second-order valence-electron chi connectivity index (χ2n) is 4.88. The van der Waals surface area contributed by atoms with Crippen LogP contribution in [0.4, 0.5) is 0 Å². The van der Waals surface area contributed by atoms with Crippen molar-refractivity contribution in [1.82, 2.24) is 0 Å². The molecule has 0 N–H and O–H groups in total. The van der Waals surface area contributed by atoms with Crippen LogP contribution in [0, 0.1) is 0 Å². The van der Waals surface area contributed by atoms with Crippen LogP contribution in [0.15, 0.2) is 34.4 Å². The molecule has 4 heteroatoms. The number of hydrogen-bond donors (Lipinski definition) is 0. The fraction of sp³-hybridized carbons (Fsp3) is 0.385. The molecule has 0 aromatic heterocycles. The normalized spacial score (nSPS) is 11.8. The van der Waals surface area contributed by atoms with E-state index in [1.165, 1.54) is 0 Å². The van der Waals surface area contributed by atoms with Gasteiger partial charge in [-0.05, 0) is 34.1 Å². The molecule has 0 heterocycles. The highest BCUT2D eigenvalue weighted by molar-refractivity contribution is 9.10. The minimum atomic E-state index is -1.12. The fourth-order valence-corrected chi connectivity index (χ4v) is 2.54. The Morgan fingerprint density at radius 2 is 2.00 bits per heavy atom. The Morgan fingerprint density at radius 1 is 1.29 bits per heavy atom. The zero-order chi connectivity index (χ0) is 12.9. The average Bonchev–Trinajstić information content (AvgIpc) is 2.24. The van der Waals surface area contributed by atoms with E-state index in [0.29, 0.717) is 6.61 Å². The van der Waals surface area contributed by atoms with Crippen LogP contribution in [0.25, 0.3) is 0 Å². The Kier molecular flexibility index (Phi) is 5.27. The number of benzene rings is 1. The molecule has 94 valence electrons. The van der Waals surface area contributed by atoms with Gasteiger partial charge in [0, 0.05) is 0 Å². The van der Waals surface area contributed by atoms with Gasteiger partial charge in [-0.2, -0.15) is 0 Å². The van der Waals surface area contributed by atoms with Crippen molar-refractivity contribution in [3.05, 3.63) is 34.4 Å². The van der Waals surface area contributed by atoms with Crippen LogP contribution in [-0.2, 0) is 0 Å². The zero-order valence-corrected chi connectivity index (χ0v) is 13.4.